The van der Waals surface area contributed by atoms with Crippen LogP contribution in [0.2, 0.25) is 0 Å². The molecule has 3 saturated heterocycles. The maximum absolute atomic E-state index is 13.2. The van der Waals surface area contributed by atoms with E-state index < -0.39 is 15.6 Å². The molecule has 36 heavy (non-hydrogen) atoms. The molecule has 3 heterocycles. The van der Waals surface area contributed by atoms with Crippen molar-refractivity contribution in [2.24, 2.45) is 0 Å². The molecule has 1 N–H and O–H groups in total. The molecule has 0 aromatic heterocycles. The van der Waals surface area contributed by atoms with Gasteiger partial charge in [-0.05, 0) is 57.5 Å². The Balaban J connectivity index is 1.31. The molecule has 4 amide bonds. The maximum Gasteiger partial charge on any atom is 0.410 e. The average molecular weight is 520 g/mol. The summed E-state index contributed by atoms with van der Waals surface area (Å²) in [5.74, 6) is -0.379. The number of sulfonamides is 1. The van der Waals surface area contributed by atoms with Crippen molar-refractivity contribution in [2.45, 2.75) is 49.8 Å². The van der Waals surface area contributed by atoms with E-state index in [2.05, 4.69) is 11.9 Å². The minimum absolute atomic E-state index is 0.0584. The van der Waals surface area contributed by atoms with Crippen LogP contribution < -0.4 is 5.32 Å². The first-order valence-corrected chi connectivity index (χ1v) is 13.4. The van der Waals surface area contributed by atoms with E-state index in [0.29, 0.717) is 18.8 Å². The van der Waals surface area contributed by atoms with Gasteiger partial charge in [-0.15, -0.1) is 0 Å². The largest absolute Gasteiger partial charge is 0.444 e. The molecule has 2 atom stereocenters. The number of carbonyl (C=O) groups excluding carboxylic acids is 3. The number of piperazine rings is 2. The van der Waals surface area contributed by atoms with Gasteiger partial charge in [-0.3, -0.25) is 4.79 Å². The van der Waals surface area contributed by atoms with Gasteiger partial charge in [0.05, 0.1) is 17.0 Å². The molecule has 3 fully saturated rings. The highest BCUT2D eigenvalue weighted by Gasteiger charge is 2.49. The second kappa shape index (κ2) is 9.74. The number of hydrogen-bond donors (Lipinski definition) is 1. The fourth-order valence-electron chi connectivity index (χ4n) is 4.80. The Morgan fingerprint density at radius 3 is 2.11 bits per heavy atom. The summed E-state index contributed by atoms with van der Waals surface area (Å²) in [6, 6.07) is 5.71. The van der Waals surface area contributed by atoms with Crippen molar-refractivity contribution >= 4 is 33.7 Å². The lowest BCUT2D eigenvalue weighted by atomic mass is 10.2. The first-order chi connectivity index (χ1) is 16.9. The van der Waals surface area contributed by atoms with Crippen LogP contribution >= 0.6 is 0 Å². The minimum atomic E-state index is -3.73. The smallest absolute Gasteiger partial charge is 0.410 e. The molecule has 1 aromatic rings. The summed E-state index contributed by atoms with van der Waals surface area (Å²) in [4.78, 5) is 42.4. The number of ether oxygens (including phenoxy) is 1. The van der Waals surface area contributed by atoms with Gasteiger partial charge in [-0.2, -0.15) is 4.31 Å². The van der Waals surface area contributed by atoms with E-state index in [0.717, 1.165) is 12.5 Å². The highest BCUT2D eigenvalue weighted by molar-refractivity contribution is 7.89. The molecule has 196 valence electrons. The molecule has 0 spiro atoms. The van der Waals surface area contributed by atoms with E-state index in [1.807, 2.05) is 20.8 Å². The van der Waals surface area contributed by atoms with Crippen LogP contribution in [0, 0.1) is 0 Å². The van der Waals surface area contributed by atoms with Crippen molar-refractivity contribution in [2.75, 3.05) is 44.6 Å². The lowest BCUT2D eigenvalue weighted by Crippen LogP contribution is -2.58. The van der Waals surface area contributed by atoms with E-state index in [1.54, 1.807) is 14.7 Å². The predicted octanol–water partition coefficient (Wildman–Crippen LogP) is 1.93. The van der Waals surface area contributed by atoms with Crippen molar-refractivity contribution in [1.29, 1.82) is 0 Å². The predicted molar refractivity (Wildman–Crippen MR) is 133 cm³/mol. The Kier molecular flexibility index (Phi) is 7.02. The van der Waals surface area contributed by atoms with E-state index in [-0.39, 0.29) is 61.2 Å². The molecule has 3 aliphatic rings. The fourth-order valence-corrected chi connectivity index (χ4v) is 6.22. The number of hydrogen-bond acceptors (Lipinski definition) is 6. The number of amides is 4. The minimum Gasteiger partial charge on any atom is -0.444 e. The van der Waals surface area contributed by atoms with Crippen LogP contribution in [-0.4, -0.2) is 102 Å². The van der Waals surface area contributed by atoms with Gasteiger partial charge in [0.2, 0.25) is 15.9 Å². The Bertz CT molecular complexity index is 1140. The van der Waals surface area contributed by atoms with Gasteiger partial charge in [-0.25, -0.2) is 18.0 Å². The molecular formula is C24H33N5O6S. The molecule has 1 aromatic carbocycles. The Morgan fingerprint density at radius 2 is 1.58 bits per heavy atom. The summed E-state index contributed by atoms with van der Waals surface area (Å²) in [6.45, 7) is 10.7. The number of nitrogens with zero attached hydrogens (tertiary/aromatic N) is 4. The number of carbonyl (C=O) groups is 3. The molecule has 12 heteroatoms. The van der Waals surface area contributed by atoms with Gasteiger partial charge >= 0.3 is 12.1 Å². The van der Waals surface area contributed by atoms with Gasteiger partial charge in [0, 0.05) is 45.0 Å². The second-order valence-electron chi connectivity index (χ2n) is 10.2. The van der Waals surface area contributed by atoms with E-state index >= 15 is 0 Å². The molecule has 2 bridgehead atoms. The molecular weight excluding hydrogens is 486 g/mol. The zero-order valence-electron chi connectivity index (χ0n) is 20.8. The van der Waals surface area contributed by atoms with Crippen LogP contribution in [0.5, 0.6) is 0 Å². The van der Waals surface area contributed by atoms with Gasteiger partial charge in [0.25, 0.3) is 0 Å². The summed E-state index contributed by atoms with van der Waals surface area (Å²) >= 11 is 0. The highest BCUT2D eigenvalue weighted by Crippen LogP contribution is 2.33. The van der Waals surface area contributed by atoms with Crippen molar-refractivity contribution in [1.82, 2.24) is 19.0 Å². The first-order valence-electron chi connectivity index (χ1n) is 12.0. The molecule has 0 saturated carbocycles. The number of likely N-dealkylation sites (tertiary alicyclic amines) is 2. The maximum atomic E-state index is 13.2. The third-order valence-electron chi connectivity index (χ3n) is 6.57. The van der Waals surface area contributed by atoms with Gasteiger partial charge < -0.3 is 24.8 Å². The lowest BCUT2D eigenvalue weighted by molar-refractivity contribution is -0.111. The van der Waals surface area contributed by atoms with E-state index in [4.69, 9.17) is 4.74 Å². The molecule has 4 rings (SSSR count). The van der Waals surface area contributed by atoms with Crippen LogP contribution in [0.3, 0.4) is 0 Å². The first kappa shape index (κ1) is 26.0. The SMILES string of the molecule is C=CC(=O)Nc1ccc(S(=O)(=O)N2CCN(C(=O)N3CC4CC3CN4C(=O)OC(C)(C)C)CC2)cc1. The summed E-state index contributed by atoms with van der Waals surface area (Å²) in [5.41, 5.74) is -0.0998. The molecule has 11 nitrogen and oxygen atoms in total. The Morgan fingerprint density at radius 1 is 1.00 bits per heavy atom. The highest BCUT2D eigenvalue weighted by atomic mass is 32.2. The number of urea groups is 1. The molecule has 0 aliphatic carbocycles. The van der Waals surface area contributed by atoms with Crippen LogP contribution in [0.25, 0.3) is 0 Å². The van der Waals surface area contributed by atoms with E-state index in [1.165, 1.54) is 28.6 Å². The normalized spacial score (nSPS) is 22.5. The molecule has 3 aliphatic heterocycles. The Hall–Kier alpha value is -3.12. The molecule has 2 unspecified atom stereocenters. The van der Waals surface area contributed by atoms with E-state index in [9.17, 15) is 22.8 Å². The van der Waals surface area contributed by atoms with Crippen LogP contribution in [0.15, 0.2) is 41.8 Å². The van der Waals surface area contributed by atoms with Gasteiger partial charge in [0.1, 0.15) is 5.60 Å². The number of nitrogens with one attached hydrogen (secondary N) is 1. The van der Waals surface area contributed by atoms with Crippen molar-refractivity contribution < 1.29 is 27.5 Å². The fraction of sp³-hybridized carbons (Fsp3) is 0.542. The summed E-state index contributed by atoms with van der Waals surface area (Å²) in [7, 11) is -3.73. The van der Waals surface area contributed by atoms with Crippen molar-refractivity contribution in [3.05, 3.63) is 36.9 Å². The van der Waals surface area contributed by atoms with Crippen molar-refractivity contribution in [3.8, 4) is 0 Å². The summed E-state index contributed by atoms with van der Waals surface area (Å²) in [5, 5.41) is 2.58. The number of fused-ring (bicyclic) bond motifs is 2. The summed E-state index contributed by atoms with van der Waals surface area (Å²) in [6.07, 6.45) is 1.51. The second-order valence-corrected chi connectivity index (χ2v) is 12.2. The van der Waals surface area contributed by atoms with Crippen molar-refractivity contribution in [3.63, 3.8) is 0 Å². The van der Waals surface area contributed by atoms with Crippen LogP contribution in [0.1, 0.15) is 27.2 Å². The average Bonchev–Trinajstić information content (AvgIpc) is 3.44. The topological polar surface area (TPSA) is 120 Å². The number of anilines is 1. The zero-order chi connectivity index (χ0) is 26.3. The van der Waals surface area contributed by atoms with Gasteiger partial charge in [0.15, 0.2) is 0 Å². The number of benzene rings is 1. The standard InChI is InChI=1S/C24H33N5O6S/c1-5-21(30)25-17-6-8-20(9-7-17)36(33,34)27-12-10-26(11-13-27)22(31)28-15-19-14-18(28)16-29(19)23(32)35-24(2,3)4/h5-9,18-19H,1,10-16H2,2-4H3,(H,25,30). The molecule has 0 radical (unpaired) electrons. The number of rotatable bonds is 4. The zero-order valence-corrected chi connectivity index (χ0v) is 21.7. The third-order valence-corrected chi connectivity index (χ3v) is 8.48. The van der Waals surface area contributed by atoms with Gasteiger partial charge in [-0.1, -0.05) is 6.58 Å². The van der Waals surface area contributed by atoms with Crippen LogP contribution in [0.4, 0.5) is 15.3 Å². The summed E-state index contributed by atoms with van der Waals surface area (Å²) < 4.78 is 33.0. The van der Waals surface area contributed by atoms with Crippen LogP contribution in [-0.2, 0) is 19.6 Å². The quantitative estimate of drug-likeness (QED) is 0.607. The lowest BCUT2D eigenvalue weighted by Gasteiger charge is -2.40. The monoisotopic (exact) mass is 519 g/mol. The Labute approximate surface area is 211 Å². The third kappa shape index (κ3) is 5.34.